The van der Waals surface area contributed by atoms with E-state index in [1.54, 1.807) is 12.1 Å². The van der Waals surface area contributed by atoms with Gasteiger partial charge in [-0.05, 0) is 42.5 Å². The molecule has 1 aliphatic rings. The molecule has 1 aromatic carbocycles. The molecule has 94 valence electrons. The van der Waals surface area contributed by atoms with E-state index >= 15 is 0 Å². The fourth-order valence-electron chi connectivity index (χ4n) is 2.25. The number of hydrogen-bond acceptors (Lipinski definition) is 3. The fraction of sp³-hybridized carbons (Fsp3) is 0.333. The highest BCUT2D eigenvalue weighted by atomic mass is 16.5. The number of aryl methyl sites for hydroxylation is 1. The SMILES string of the molecule is CC/C=C1\CCc2ccc(C(=O)OC)cc2C1=O. The first-order valence-electron chi connectivity index (χ1n) is 6.12. The number of ether oxygens (including phenoxy) is 1. The van der Waals surface area contributed by atoms with E-state index in [-0.39, 0.29) is 5.78 Å². The molecule has 3 heteroatoms. The van der Waals surface area contributed by atoms with Crippen molar-refractivity contribution in [3.63, 3.8) is 0 Å². The van der Waals surface area contributed by atoms with Crippen LogP contribution >= 0.6 is 0 Å². The van der Waals surface area contributed by atoms with Crippen LogP contribution in [-0.4, -0.2) is 18.9 Å². The maximum atomic E-state index is 12.2. The van der Waals surface area contributed by atoms with Gasteiger partial charge in [0.1, 0.15) is 0 Å². The number of carbonyl (C=O) groups is 2. The molecule has 1 aliphatic carbocycles. The molecule has 0 spiro atoms. The molecule has 3 nitrogen and oxygen atoms in total. The molecule has 0 saturated carbocycles. The molecule has 0 bridgehead atoms. The number of hydrogen-bond donors (Lipinski definition) is 0. The molecule has 1 aromatic rings. The average Bonchev–Trinajstić information content (AvgIpc) is 2.41. The number of allylic oxidation sites excluding steroid dienone is 2. The minimum absolute atomic E-state index is 0.0452. The van der Waals surface area contributed by atoms with Crippen LogP contribution in [0.4, 0.5) is 0 Å². The van der Waals surface area contributed by atoms with Gasteiger partial charge in [0, 0.05) is 5.56 Å². The van der Waals surface area contributed by atoms with Crippen molar-refractivity contribution in [3.8, 4) is 0 Å². The topological polar surface area (TPSA) is 43.4 Å². The number of ketones is 1. The number of benzene rings is 1. The Morgan fingerprint density at radius 3 is 2.83 bits per heavy atom. The van der Waals surface area contributed by atoms with E-state index in [2.05, 4.69) is 4.74 Å². The summed E-state index contributed by atoms with van der Waals surface area (Å²) in [6, 6.07) is 5.21. The Kier molecular flexibility index (Phi) is 3.60. The third-order valence-electron chi connectivity index (χ3n) is 3.18. The van der Waals surface area contributed by atoms with Gasteiger partial charge in [0.15, 0.2) is 5.78 Å². The number of esters is 1. The maximum Gasteiger partial charge on any atom is 0.337 e. The van der Waals surface area contributed by atoms with Crippen LogP contribution in [0, 0.1) is 0 Å². The molecular weight excluding hydrogens is 228 g/mol. The van der Waals surface area contributed by atoms with Gasteiger partial charge in [-0.1, -0.05) is 19.1 Å². The molecule has 0 fully saturated rings. The fourth-order valence-corrected chi connectivity index (χ4v) is 2.25. The van der Waals surface area contributed by atoms with Crippen molar-refractivity contribution < 1.29 is 14.3 Å². The zero-order chi connectivity index (χ0) is 13.1. The number of methoxy groups -OCH3 is 1. The van der Waals surface area contributed by atoms with Crippen molar-refractivity contribution in [2.24, 2.45) is 0 Å². The first-order chi connectivity index (χ1) is 8.67. The second-order valence-electron chi connectivity index (χ2n) is 4.33. The zero-order valence-corrected chi connectivity index (χ0v) is 10.7. The van der Waals surface area contributed by atoms with Crippen molar-refractivity contribution >= 4 is 11.8 Å². The summed E-state index contributed by atoms with van der Waals surface area (Å²) in [5, 5.41) is 0. The van der Waals surface area contributed by atoms with Crippen LogP contribution in [-0.2, 0) is 11.2 Å². The van der Waals surface area contributed by atoms with E-state index in [1.807, 2.05) is 19.1 Å². The molecule has 0 saturated heterocycles. The standard InChI is InChI=1S/C15H16O3/c1-3-4-11-7-5-10-6-8-12(15(17)18-2)9-13(10)14(11)16/h4,6,8-9H,3,5,7H2,1-2H3/b11-4+. The van der Waals surface area contributed by atoms with E-state index < -0.39 is 5.97 Å². The predicted molar refractivity (Wildman–Crippen MR) is 68.8 cm³/mol. The largest absolute Gasteiger partial charge is 0.465 e. The minimum Gasteiger partial charge on any atom is -0.465 e. The van der Waals surface area contributed by atoms with Crippen molar-refractivity contribution in [3.05, 3.63) is 46.5 Å². The summed E-state index contributed by atoms with van der Waals surface area (Å²) in [7, 11) is 1.34. The van der Waals surface area contributed by atoms with Gasteiger partial charge in [0.25, 0.3) is 0 Å². The van der Waals surface area contributed by atoms with Crippen molar-refractivity contribution in [1.29, 1.82) is 0 Å². The van der Waals surface area contributed by atoms with Gasteiger partial charge < -0.3 is 4.74 Å². The van der Waals surface area contributed by atoms with E-state index in [0.717, 1.165) is 30.4 Å². The van der Waals surface area contributed by atoms with Gasteiger partial charge in [-0.3, -0.25) is 4.79 Å². The Hall–Kier alpha value is -1.90. The lowest BCUT2D eigenvalue weighted by Crippen LogP contribution is -2.15. The van der Waals surface area contributed by atoms with Crippen LogP contribution in [0.1, 0.15) is 46.0 Å². The van der Waals surface area contributed by atoms with E-state index in [9.17, 15) is 9.59 Å². The monoisotopic (exact) mass is 244 g/mol. The van der Waals surface area contributed by atoms with Crippen LogP contribution < -0.4 is 0 Å². The number of rotatable bonds is 2. The van der Waals surface area contributed by atoms with E-state index in [1.165, 1.54) is 7.11 Å². The van der Waals surface area contributed by atoms with Gasteiger partial charge in [-0.25, -0.2) is 4.79 Å². The molecule has 0 unspecified atom stereocenters. The summed E-state index contributed by atoms with van der Waals surface area (Å²) < 4.78 is 4.67. The molecule has 0 heterocycles. The van der Waals surface area contributed by atoms with Gasteiger partial charge in [-0.2, -0.15) is 0 Å². The Morgan fingerprint density at radius 2 is 2.17 bits per heavy atom. The highest BCUT2D eigenvalue weighted by Crippen LogP contribution is 2.26. The molecule has 18 heavy (non-hydrogen) atoms. The lowest BCUT2D eigenvalue weighted by Gasteiger charge is -2.18. The van der Waals surface area contributed by atoms with Crippen LogP contribution in [0.5, 0.6) is 0 Å². The first kappa shape index (κ1) is 12.6. The summed E-state index contributed by atoms with van der Waals surface area (Å²) in [5.74, 6) is -0.360. The van der Waals surface area contributed by atoms with Crippen molar-refractivity contribution in [2.45, 2.75) is 26.2 Å². The summed E-state index contributed by atoms with van der Waals surface area (Å²) in [6.07, 6.45) is 4.47. The summed E-state index contributed by atoms with van der Waals surface area (Å²) in [6.45, 7) is 2.01. The van der Waals surface area contributed by atoms with E-state index in [0.29, 0.717) is 11.1 Å². The minimum atomic E-state index is -0.405. The zero-order valence-electron chi connectivity index (χ0n) is 10.7. The number of Topliss-reactive ketones (excluding diaryl/α,β-unsaturated/α-hetero) is 1. The second kappa shape index (κ2) is 5.17. The smallest absolute Gasteiger partial charge is 0.337 e. The quantitative estimate of drug-likeness (QED) is 0.593. The molecule has 0 radical (unpaired) electrons. The molecule has 0 aliphatic heterocycles. The summed E-state index contributed by atoms with van der Waals surface area (Å²) >= 11 is 0. The highest BCUT2D eigenvalue weighted by Gasteiger charge is 2.22. The molecule has 0 aromatic heterocycles. The van der Waals surface area contributed by atoms with Crippen LogP contribution in [0.15, 0.2) is 29.8 Å². The molecule has 0 N–H and O–H groups in total. The van der Waals surface area contributed by atoms with Gasteiger partial charge >= 0.3 is 5.97 Å². The number of fused-ring (bicyclic) bond motifs is 1. The molecule has 0 amide bonds. The summed E-state index contributed by atoms with van der Waals surface area (Å²) in [5.41, 5.74) is 2.94. The van der Waals surface area contributed by atoms with Crippen LogP contribution in [0.25, 0.3) is 0 Å². The predicted octanol–water partition coefficient (Wildman–Crippen LogP) is 2.94. The average molecular weight is 244 g/mol. The van der Waals surface area contributed by atoms with Gasteiger partial charge in [0.2, 0.25) is 0 Å². The first-order valence-corrected chi connectivity index (χ1v) is 6.12. The summed E-state index contributed by atoms with van der Waals surface area (Å²) in [4.78, 5) is 23.7. The van der Waals surface area contributed by atoms with Crippen LogP contribution in [0.3, 0.4) is 0 Å². The van der Waals surface area contributed by atoms with Gasteiger partial charge in [-0.15, -0.1) is 0 Å². The normalized spacial score (nSPS) is 16.6. The Morgan fingerprint density at radius 1 is 1.39 bits per heavy atom. The number of carbonyl (C=O) groups excluding carboxylic acids is 2. The Labute approximate surface area is 106 Å². The van der Waals surface area contributed by atoms with E-state index in [4.69, 9.17) is 0 Å². The maximum absolute atomic E-state index is 12.2. The van der Waals surface area contributed by atoms with Crippen LogP contribution in [0.2, 0.25) is 0 Å². The van der Waals surface area contributed by atoms with Gasteiger partial charge in [0.05, 0.1) is 12.7 Å². The Bertz CT molecular complexity index is 527. The third kappa shape index (κ3) is 2.21. The molecule has 0 atom stereocenters. The lowest BCUT2D eigenvalue weighted by molar-refractivity contribution is 0.0600. The third-order valence-corrected chi connectivity index (χ3v) is 3.18. The second-order valence-corrected chi connectivity index (χ2v) is 4.33. The molecular formula is C15H16O3. The lowest BCUT2D eigenvalue weighted by atomic mass is 9.85. The highest BCUT2D eigenvalue weighted by molar-refractivity contribution is 6.11. The van der Waals surface area contributed by atoms with Crippen molar-refractivity contribution in [1.82, 2.24) is 0 Å². The molecule has 2 rings (SSSR count). The Balaban J connectivity index is 2.43. The van der Waals surface area contributed by atoms with Crippen molar-refractivity contribution in [2.75, 3.05) is 7.11 Å².